The second-order valence-electron chi connectivity index (χ2n) is 8.77. The molecule has 1 aliphatic carbocycles. The number of carboxylic acid groups (broad SMARTS) is 1. The minimum Gasteiger partial charge on any atom is -0.481 e. The van der Waals surface area contributed by atoms with E-state index in [1.165, 1.54) is 12.1 Å². The van der Waals surface area contributed by atoms with Gasteiger partial charge in [-0.3, -0.25) is 4.79 Å². The molecule has 3 aromatic rings. The molecule has 0 atom stereocenters. The lowest BCUT2D eigenvalue weighted by atomic mass is 9.77. The highest BCUT2D eigenvalue weighted by atomic mass is 19.1. The third-order valence-corrected chi connectivity index (χ3v) is 6.44. The molecule has 1 saturated carbocycles. The second kappa shape index (κ2) is 7.86. The van der Waals surface area contributed by atoms with Crippen molar-refractivity contribution >= 4 is 16.9 Å². The van der Waals surface area contributed by atoms with Crippen molar-refractivity contribution in [3.63, 3.8) is 0 Å². The maximum Gasteiger partial charge on any atom is 0.306 e. The number of halogens is 2. The highest BCUT2D eigenvalue weighted by Crippen LogP contribution is 2.45. The number of nitrogens with zero attached hydrogens (tertiary/aromatic N) is 1. The minimum absolute atomic E-state index is 0.165. The molecule has 2 aromatic carbocycles. The topological polar surface area (TPSA) is 42.2 Å². The van der Waals surface area contributed by atoms with E-state index in [2.05, 4.69) is 18.4 Å². The first kappa shape index (κ1) is 20.6. The number of hydrogen-bond acceptors (Lipinski definition) is 1. The van der Waals surface area contributed by atoms with Gasteiger partial charge < -0.3 is 9.67 Å². The molecule has 158 valence electrons. The number of carbonyl (C=O) groups is 1. The first-order valence-corrected chi connectivity index (χ1v) is 10.6. The van der Waals surface area contributed by atoms with Gasteiger partial charge in [0.25, 0.3) is 0 Å². The highest BCUT2D eigenvalue weighted by molar-refractivity contribution is 5.88. The van der Waals surface area contributed by atoms with Gasteiger partial charge in [0.1, 0.15) is 11.6 Å². The Morgan fingerprint density at radius 2 is 1.77 bits per heavy atom. The molecular formula is C25H27F2NO2. The van der Waals surface area contributed by atoms with Crippen LogP contribution in [0.1, 0.15) is 68.2 Å². The summed E-state index contributed by atoms with van der Waals surface area (Å²) in [6, 6.07) is 9.91. The lowest BCUT2D eigenvalue weighted by molar-refractivity contribution is -0.142. The van der Waals surface area contributed by atoms with Gasteiger partial charge in [-0.05, 0) is 92.0 Å². The van der Waals surface area contributed by atoms with Crippen molar-refractivity contribution in [3.8, 4) is 5.69 Å². The quantitative estimate of drug-likeness (QED) is 0.519. The summed E-state index contributed by atoms with van der Waals surface area (Å²) in [5.74, 6) is -1.21. The molecular weight excluding hydrogens is 384 g/mol. The van der Waals surface area contributed by atoms with Crippen LogP contribution in [0.5, 0.6) is 0 Å². The molecule has 1 N–H and O–H groups in total. The minimum atomic E-state index is -0.729. The van der Waals surface area contributed by atoms with Crippen LogP contribution in [0.4, 0.5) is 8.78 Å². The van der Waals surface area contributed by atoms with Crippen LogP contribution < -0.4 is 0 Å². The second-order valence-corrected chi connectivity index (χ2v) is 8.77. The summed E-state index contributed by atoms with van der Waals surface area (Å²) in [4.78, 5) is 11.4. The maximum atomic E-state index is 14.3. The van der Waals surface area contributed by atoms with E-state index in [1.807, 2.05) is 6.07 Å². The SMILES string of the molecule is Cc1cc(-n2c(C(C)C)c(C3CCC(C(=O)O)CC3)c3cc(F)ccc32)ccc1F. The van der Waals surface area contributed by atoms with Gasteiger partial charge in [0.2, 0.25) is 0 Å². The van der Waals surface area contributed by atoms with Crippen LogP contribution in [0.2, 0.25) is 0 Å². The van der Waals surface area contributed by atoms with Crippen LogP contribution in [0.15, 0.2) is 36.4 Å². The van der Waals surface area contributed by atoms with Crippen LogP contribution in [0.3, 0.4) is 0 Å². The van der Waals surface area contributed by atoms with Gasteiger partial charge in [0.15, 0.2) is 0 Å². The third kappa shape index (κ3) is 3.51. The molecule has 1 heterocycles. The monoisotopic (exact) mass is 411 g/mol. The molecule has 1 aliphatic rings. The molecule has 3 nitrogen and oxygen atoms in total. The molecule has 1 aromatic heterocycles. The van der Waals surface area contributed by atoms with Crippen molar-refractivity contribution in [1.29, 1.82) is 0 Å². The highest BCUT2D eigenvalue weighted by Gasteiger charge is 2.32. The summed E-state index contributed by atoms with van der Waals surface area (Å²) < 4.78 is 30.3. The van der Waals surface area contributed by atoms with Crippen LogP contribution in [-0.4, -0.2) is 15.6 Å². The van der Waals surface area contributed by atoms with E-state index in [1.54, 1.807) is 25.1 Å². The Bertz CT molecular complexity index is 1110. The number of carboxylic acids is 1. The number of fused-ring (bicyclic) bond motifs is 1. The fraction of sp³-hybridized carbons (Fsp3) is 0.400. The normalized spacial score (nSPS) is 19.5. The van der Waals surface area contributed by atoms with Gasteiger partial charge in [-0.25, -0.2) is 8.78 Å². The zero-order chi connectivity index (χ0) is 21.6. The zero-order valence-electron chi connectivity index (χ0n) is 17.6. The number of rotatable bonds is 4. The van der Waals surface area contributed by atoms with Gasteiger partial charge in [-0.15, -0.1) is 0 Å². The Hall–Kier alpha value is -2.69. The van der Waals surface area contributed by atoms with E-state index in [4.69, 9.17) is 0 Å². The fourth-order valence-corrected chi connectivity index (χ4v) is 4.98. The van der Waals surface area contributed by atoms with Gasteiger partial charge in [0, 0.05) is 16.8 Å². The van der Waals surface area contributed by atoms with Crippen molar-refractivity contribution in [2.24, 2.45) is 5.92 Å². The first-order valence-electron chi connectivity index (χ1n) is 10.6. The molecule has 0 aliphatic heterocycles. The van der Waals surface area contributed by atoms with E-state index in [-0.39, 0.29) is 29.4 Å². The summed E-state index contributed by atoms with van der Waals surface area (Å²) in [7, 11) is 0. The number of aliphatic carboxylic acids is 1. The fourth-order valence-electron chi connectivity index (χ4n) is 4.98. The van der Waals surface area contributed by atoms with Crippen LogP contribution in [0.25, 0.3) is 16.6 Å². The molecule has 4 rings (SSSR count). The van der Waals surface area contributed by atoms with E-state index < -0.39 is 5.97 Å². The first-order chi connectivity index (χ1) is 14.3. The molecule has 0 radical (unpaired) electrons. The van der Waals surface area contributed by atoms with Crippen molar-refractivity contribution in [2.45, 2.75) is 58.3 Å². The van der Waals surface area contributed by atoms with Crippen LogP contribution in [0, 0.1) is 24.5 Å². The van der Waals surface area contributed by atoms with E-state index in [0.29, 0.717) is 18.4 Å². The van der Waals surface area contributed by atoms with Crippen molar-refractivity contribution < 1.29 is 18.7 Å². The Kier molecular flexibility index (Phi) is 5.39. The average Bonchev–Trinajstić information content (AvgIpc) is 3.04. The molecule has 0 spiro atoms. The molecule has 5 heteroatoms. The van der Waals surface area contributed by atoms with Crippen LogP contribution in [-0.2, 0) is 4.79 Å². The summed E-state index contributed by atoms with van der Waals surface area (Å²) in [5, 5.41) is 10.2. The van der Waals surface area contributed by atoms with E-state index >= 15 is 0 Å². The smallest absolute Gasteiger partial charge is 0.306 e. The Labute approximate surface area is 175 Å². The van der Waals surface area contributed by atoms with Gasteiger partial charge >= 0.3 is 5.97 Å². The van der Waals surface area contributed by atoms with E-state index in [9.17, 15) is 18.7 Å². The van der Waals surface area contributed by atoms with Crippen LogP contribution >= 0.6 is 0 Å². The predicted octanol–water partition coefficient (Wildman–Crippen LogP) is 6.70. The molecule has 1 fully saturated rings. The number of aryl methyl sites for hydroxylation is 1. The summed E-state index contributed by atoms with van der Waals surface area (Å²) in [5.41, 5.74) is 4.54. The molecule has 0 amide bonds. The number of hydrogen-bond donors (Lipinski definition) is 1. The number of benzene rings is 2. The average molecular weight is 411 g/mol. The van der Waals surface area contributed by atoms with Gasteiger partial charge in [0.05, 0.1) is 11.4 Å². The third-order valence-electron chi connectivity index (χ3n) is 6.44. The van der Waals surface area contributed by atoms with Crippen molar-refractivity contribution in [1.82, 2.24) is 4.57 Å². The van der Waals surface area contributed by atoms with E-state index in [0.717, 1.165) is 40.7 Å². The standard InChI is InChI=1S/C25H27F2NO2/c1-14(2)24-23(16-4-6-17(7-5-16)25(29)30)20-13-18(26)8-11-22(20)28(24)19-9-10-21(27)15(3)12-19/h8-14,16-17H,4-7H2,1-3H3,(H,29,30). The summed E-state index contributed by atoms with van der Waals surface area (Å²) >= 11 is 0. The Morgan fingerprint density at radius 3 is 2.37 bits per heavy atom. The predicted molar refractivity (Wildman–Crippen MR) is 114 cm³/mol. The molecule has 30 heavy (non-hydrogen) atoms. The maximum absolute atomic E-state index is 14.3. The molecule has 0 unspecified atom stereocenters. The van der Waals surface area contributed by atoms with Crippen molar-refractivity contribution in [3.05, 3.63) is 64.9 Å². The zero-order valence-corrected chi connectivity index (χ0v) is 17.6. The lowest BCUT2D eigenvalue weighted by Crippen LogP contribution is -2.21. The summed E-state index contributed by atoms with van der Waals surface area (Å²) in [6.45, 7) is 5.97. The van der Waals surface area contributed by atoms with Gasteiger partial charge in [-0.2, -0.15) is 0 Å². The molecule has 0 bridgehead atoms. The number of aromatic nitrogens is 1. The Morgan fingerprint density at radius 1 is 1.07 bits per heavy atom. The largest absolute Gasteiger partial charge is 0.481 e. The van der Waals surface area contributed by atoms with Gasteiger partial charge in [-0.1, -0.05) is 13.8 Å². The lowest BCUT2D eigenvalue weighted by Gasteiger charge is -2.28. The van der Waals surface area contributed by atoms with Crippen molar-refractivity contribution in [2.75, 3.05) is 0 Å². The Balaban J connectivity index is 1.93. The molecule has 0 saturated heterocycles. The summed E-state index contributed by atoms with van der Waals surface area (Å²) in [6.07, 6.45) is 2.81.